The number of allylic oxidation sites excluding steroid dienone is 4. The Morgan fingerprint density at radius 2 is 2.21 bits per heavy atom. The van der Waals surface area contributed by atoms with Gasteiger partial charge in [-0.2, -0.15) is 0 Å². The highest BCUT2D eigenvalue weighted by Gasteiger charge is 2.37. The summed E-state index contributed by atoms with van der Waals surface area (Å²) < 4.78 is 0. The van der Waals surface area contributed by atoms with E-state index in [1.54, 1.807) is 6.08 Å². The van der Waals surface area contributed by atoms with Crippen LogP contribution >= 0.6 is 0 Å². The van der Waals surface area contributed by atoms with Gasteiger partial charge in [-0.25, -0.2) is 0 Å². The van der Waals surface area contributed by atoms with E-state index < -0.39 is 0 Å². The van der Waals surface area contributed by atoms with Crippen LogP contribution in [0.4, 0.5) is 0 Å². The molecule has 2 aliphatic rings. The fourth-order valence-corrected chi connectivity index (χ4v) is 2.14. The molecule has 0 spiro atoms. The van der Waals surface area contributed by atoms with Crippen LogP contribution in [-0.2, 0) is 9.63 Å². The third-order valence-electron chi connectivity index (χ3n) is 2.94. The number of carbonyl (C=O) groups is 1. The zero-order chi connectivity index (χ0) is 10.1. The number of hydrogen-bond donors (Lipinski definition) is 0. The van der Waals surface area contributed by atoms with Crippen LogP contribution in [0.1, 0.15) is 13.8 Å². The van der Waals surface area contributed by atoms with E-state index in [4.69, 9.17) is 4.84 Å². The van der Waals surface area contributed by atoms with E-state index in [1.165, 1.54) is 0 Å². The fraction of sp³-hybridized carbons (Fsp3) is 0.455. The molecule has 0 amide bonds. The number of carbonyl (C=O) groups excluding carboxylic acids is 1. The lowest BCUT2D eigenvalue weighted by Gasteiger charge is -2.25. The topological polar surface area (TPSA) is 38.7 Å². The van der Waals surface area contributed by atoms with Crippen molar-refractivity contribution in [3.05, 3.63) is 23.8 Å². The second kappa shape index (κ2) is 3.40. The number of nitrogens with zero attached hydrogens (tertiary/aromatic N) is 1. The molecule has 3 nitrogen and oxygen atoms in total. The molecule has 0 aromatic rings. The van der Waals surface area contributed by atoms with Gasteiger partial charge in [0.1, 0.15) is 12.4 Å². The van der Waals surface area contributed by atoms with Gasteiger partial charge in [-0.3, -0.25) is 4.79 Å². The molecule has 1 heterocycles. The van der Waals surface area contributed by atoms with Gasteiger partial charge in [0.15, 0.2) is 0 Å². The maximum atomic E-state index is 10.4. The average Bonchev–Trinajstić information content (AvgIpc) is 2.54. The molecule has 3 unspecified atom stereocenters. The summed E-state index contributed by atoms with van der Waals surface area (Å²) in [6.45, 7) is 4.11. The van der Waals surface area contributed by atoms with E-state index in [2.05, 4.69) is 12.1 Å². The van der Waals surface area contributed by atoms with Crippen LogP contribution < -0.4 is 0 Å². The Morgan fingerprint density at radius 1 is 1.43 bits per heavy atom. The Bertz CT molecular complexity index is 341. The number of fused-ring (bicyclic) bond motifs is 1. The van der Waals surface area contributed by atoms with E-state index in [9.17, 15) is 4.79 Å². The molecule has 3 atom stereocenters. The van der Waals surface area contributed by atoms with Crippen molar-refractivity contribution in [3.63, 3.8) is 0 Å². The summed E-state index contributed by atoms with van der Waals surface area (Å²) in [6, 6.07) is 0. The van der Waals surface area contributed by atoms with Crippen LogP contribution in [0.2, 0.25) is 0 Å². The minimum Gasteiger partial charge on any atom is -0.392 e. The highest BCUT2D eigenvalue weighted by molar-refractivity contribution is 6.00. The zero-order valence-electron chi connectivity index (χ0n) is 8.31. The minimum atomic E-state index is 0.111. The SMILES string of the molecule is CC1ON=C2C=C/C(=C\C=O)C(C)C21. The van der Waals surface area contributed by atoms with Gasteiger partial charge in [0, 0.05) is 0 Å². The molecule has 1 aliphatic carbocycles. The Kier molecular flexibility index (Phi) is 2.23. The van der Waals surface area contributed by atoms with Crippen LogP contribution in [0.25, 0.3) is 0 Å². The summed E-state index contributed by atoms with van der Waals surface area (Å²) in [5, 5.41) is 4.00. The van der Waals surface area contributed by atoms with Crippen LogP contribution in [0, 0.1) is 11.8 Å². The van der Waals surface area contributed by atoms with Crippen molar-refractivity contribution in [1.29, 1.82) is 0 Å². The van der Waals surface area contributed by atoms with Crippen molar-refractivity contribution in [3.8, 4) is 0 Å². The van der Waals surface area contributed by atoms with E-state index in [0.29, 0.717) is 11.8 Å². The summed E-state index contributed by atoms with van der Waals surface area (Å²) in [7, 11) is 0. The summed E-state index contributed by atoms with van der Waals surface area (Å²) in [5.74, 6) is 0.604. The Labute approximate surface area is 83.1 Å². The molecular weight excluding hydrogens is 178 g/mol. The van der Waals surface area contributed by atoms with Crippen LogP contribution in [0.3, 0.4) is 0 Å². The predicted octanol–water partition coefficient (Wildman–Crippen LogP) is 1.71. The first kappa shape index (κ1) is 9.19. The number of hydrogen-bond acceptors (Lipinski definition) is 3. The van der Waals surface area contributed by atoms with Crippen LogP contribution in [-0.4, -0.2) is 18.1 Å². The lowest BCUT2D eigenvalue weighted by molar-refractivity contribution is -0.104. The smallest absolute Gasteiger partial charge is 0.143 e. The molecule has 0 saturated heterocycles. The third kappa shape index (κ3) is 1.29. The third-order valence-corrected chi connectivity index (χ3v) is 2.94. The highest BCUT2D eigenvalue weighted by atomic mass is 16.6. The molecule has 3 heteroatoms. The van der Waals surface area contributed by atoms with Crippen molar-refractivity contribution in [2.24, 2.45) is 17.0 Å². The van der Waals surface area contributed by atoms with Crippen molar-refractivity contribution in [1.82, 2.24) is 0 Å². The normalized spacial score (nSPS) is 37.7. The van der Waals surface area contributed by atoms with Crippen molar-refractivity contribution in [2.45, 2.75) is 20.0 Å². The maximum absolute atomic E-state index is 10.4. The molecule has 0 aromatic carbocycles. The van der Waals surface area contributed by atoms with Gasteiger partial charge in [0.2, 0.25) is 0 Å². The second-order valence-electron chi connectivity index (χ2n) is 3.78. The van der Waals surface area contributed by atoms with Crippen LogP contribution in [0.15, 0.2) is 29.0 Å². The molecule has 0 bridgehead atoms. The Morgan fingerprint density at radius 3 is 2.93 bits per heavy atom. The van der Waals surface area contributed by atoms with Gasteiger partial charge in [0.05, 0.1) is 11.6 Å². The largest absolute Gasteiger partial charge is 0.392 e. The maximum Gasteiger partial charge on any atom is 0.143 e. The average molecular weight is 191 g/mol. The standard InChI is InChI=1S/C11H13NO2/c1-7-9(5-6-13)3-4-10-11(7)8(2)14-12-10/h3-8,11H,1-2H3/b9-5+. The van der Waals surface area contributed by atoms with Crippen molar-refractivity contribution < 1.29 is 9.63 Å². The summed E-state index contributed by atoms with van der Waals surface area (Å²) in [5.41, 5.74) is 2.05. The summed E-state index contributed by atoms with van der Waals surface area (Å²) in [4.78, 5) is 15.6. The number of aldehydes is 1. The molecule has 14 heavy (non-hydrogen) atoms. The number of rotatable bonds is 1. The van der Waals surface area contributed by atoms with E-state index in [1.807, 2.05) is 19.1 Å². The predicted molar refractivity (Wildman–Crippen MR) is 53.9 cm³/mol. The summed E-state index contributed by atoms with van der Waals surface area (Å²) >= 11 is 0. The van der Waals surface area contributed by atoms with Gasteiger partial charge < -0.3 is 4.84 Å². The van der Waals surface area contributed by atoms with Gasteiger partial charge in [0.25, 0.3) is 0 Å². The molecule has 0 N–H and O–H groups in total. The monoisotopic (exact) mass is 191 g/mol. The van der Waals surface area contributed by atoms with Gasteiger partial charge in [-0.15, -0.1) is 0 Å². The molecule has 0 aromatic heterocycles. The molecule has 0 fully saturated rings. The van der Waals surface area contributed by atoms with Gasteiger partial charge >= 0.3 is 0 Å². The fourth-order valence-electron chi connectivity index (χ4n) is 2.14. The zero-order valence-corrected chi connectivity index (χ0v) is 8.31. The molecular formula is C11H13NO2. The van der Waals surface area contributed by atoms with E-state index in [-0.39, 0.29) is 6.10 Å². The quantitative estimate of drug-likeness (QED) is 0.467. The highest BCUT2D eigenvalue weighted by Crippen LogP contribution is 2.34. The first-order valence-electron chi connectivity index (χ1n) is 4.81. The lowest BCUT2D eigenvalue weighted by atomic mass is 9.77. The molecule has 74 valence electrons. The molecule has 0 radical (unpaired) electrons. The Balaban J connectivity index is 2.33. The van der Waals surface area contributed by atoms with Crippen molar-refractivity contribution >= 4 is 12.0 Å². The van der Waals surface area contributed by atoms with E-state index in [0.717, 1.165) is 17.6 Å². The summed E-state index contributed by atoms with van der Waals surface area (Å²) in [6.07, 6.45) is 6.43. The van der Waals surface area contributed by atoms with Crippen LogP contribution in [0.5, 0.6) is 0 Å². The van der Waals surface area contributed by atoms with Gasteiger partial charge in [-0.1, -0.05) is 18.2 Å². The lowest BCUT2D eigenvalue weighted by Crippen LogP contribution is -2.30. The number of oxime groups is 1. The van der Waals surface area contributed by atoms with Gasteiger partial charge in [-0.05, 0) is 30.6 Å². The van der Waals surface area contributed by atoms with Crippen molar-refractivity contribution in [2.75, 3.05) is 0 Å². The first-order valence-corrected chi connectivity index (χ1v) is 4.81. The van der Waals surface area contributed by atoms with E-state index >= 15 is 0 Å². The molecule has 2 rings (SSSR count). The Hall–Kier alpha value is -1.38. The second-order valence-corrected chi connectivity index (χ2v) is 3.78. The first-order chi connectivity index (χ1) is 6.74. The molecule has 0 saturated carbocycles. The minimum absolute atomic E-state index is 0.111. The molecule has 1 aliphatic heterocycles.